The molecule has 0 unspecified atom stereocenters. The number of hydrogen-bond acceptors (Lipinski definition) is 4. The first-order valence-corrected chi connectivity index (χ1v) is 7.66. The number of hydrogen-bond donors (Lipinski definition) is 1. The average Bonchev–Trinajstić information content (AvgIpc) is 2.83. The number of rotatable bonds is 3. The molecule has 4 heteroatoms. The minimum Gasteiger partial charge on any atom is -0.497 e. The molecule has 0 atom stereocenters. The van der Waals surface area contributed by atoms with Crippen molar-refractivity contribution in [1.82, 2.24) is 4.98 Å². The molecule has 0 N–H and O–H groups in total. The van der Waals surface area contributed by atoms with Crippen LogP contribution in [0.2, 0.25) is 0 Å². The number of nitrogens with zero attached hydrogens (tertiary/aromatic N) is 1. The van der Waals surface area contributed by atoms with Gasteiger partial charge in [-0.05, 0) is 12.1 Å². The summed E-state index contributed by atoms with van der Waals surface area (Å²) in [6, 6.07) is 8.03. The molecule has 0 amide bonds. The molecule has 0 radical (unpaired) electrons. The van der Waals surface area contributed by atoms with E-state index in [1.54, 1.807) is 18.4 Å². The Morgan fingerprint density at radius 1 is 1.32 bits per heavy atom. The Morgan fingerprint density at radius 3 is 2.58 bits per heavy atom. The van der Waals surface area contributed by atoms with E-state index in [2.05, 4.69) is 39.5 Å². The summed E-state index contributed by atoms with van der Waals surface area (Å²) in [5.41, 5.74) is 2.29. The fourth-order valence-electron chi connectivity index (χ4n) is 1.92. The van der Waals surface area contributed by atoms with E-state index in [0.717, 1.165) is 27.8 Å². The maximum absolute atomic E-state index is 5.27. The molecule has 0 aliphatic heterocycles. The largest absolute Gasteiger partial charge is 0.497 e. The van der Waals surface area contributed by atoms with Crippen molar-refractivity contribution in [2.75, 3.05) is 7.11 Å². The topological polar surface area (TPSA) is 22.1 Å². The van der Waals surface area contributed by atoms with Gasteiger partial charge in [0.2, 0.25) is 0 Å². The Kier molecular flexibility index (Phi) is 4.21. The second kappa shape index (κ2) is 5.55. The van der Waals surface area contributed by atoms with Crippen LogP contribution >= 0.6 is 24.0 Å². The second-order valence-corrected chi connectivity index (χ2v) is 6.83. The van der Waals surface area contributed by atoms with E-state index in [4.69, 9.17) is 9.72 Å². The molecule has 0 bridgehead atoms. The molecule has 1 aromatic carbocycles. The lowest BCUT2D eigenvalue weighted by Gasteiger charge is -2.16. The van der Waals surface area contributed by atoms with Crippen LogP contribution in [0.5, 0.6) is 5.75 Å². The van der Waals surface area contributed by atoms with E-state index in [1.807, 2.05) is 18.2 Å². The molecule has 0 fully saturated rings. The molecular weight excluding hydrogens is 274 g/mol. The molecule has 2 aromatic rings. The summed E-state index contributed by atoms with van der Waals surface area (Å²) in [6.07, 6.45) is 0. The minimum absolute atomic E-state index is 0.0473. The number of thiol groups is 1. The van der Waals surface area contributed by atoms with E-state index in [9.17, 15) is 0 Å². The first-order valence-electron chi connectivity index (χ1n) is 6.21. The van der Waals surface area contributed by atoms with Gasteiger partial charge in [-0.3, -0.25) is 0 Å². The predicted molar refractivity (Wildman–Crippen MR) is 85.5 cm³/mol. The van der Waals surface area contributed by atoms with Crippen molar-refractivity contribution >= 4 is 24.0 Å². The van der Waals surface area contributed by atoms with Crippen LogP contribution in [0.1, 0.15) is 31.3 Å². The van der Waals surface area contributed by atoms with Crippen LogP contribution in [-0.2, 0) is 11.2 Å². The van der Waals surface area contributed by atoms with Crippen LogP contribution in [0.3, 0.4) is 0 Å². The van der Waals surface area contributed by atoms with Gasteiger partial charge in [0.1, 0.15) is 10.8 Å². The van der Waals surface area contributed by atoms with Crippen LogP contribution in [0.15, 0.2) is 24.3 Å². The van der Waals surface area contributed by atoms with E-state index in [-0.39, 0.29) is 5.41 Å². The SMILES string of the molecule is COc1cccc(-c2nc(C(C)(C)C)c(CS)s2)c1. The summed E-state index contributed by atoms with van der Waals surface area (Å²) >= 11 is 6.14. The molecule has 0 aliphatic rings. The van der Waals surface area contributed by atoms with Gasteiger partial charge in [-0.2, -0.15) is 12.6 Å². The zero-order chi connectivity index (χ0) is 14.0. The number of methoxy groups -OCH3 is 1. The first kappa shape index (κ1) is 14.4. The molecule has 102 valence electrons. The van der Waals surface area contributed by atoms with Crippen LogP contribution in [0.4, 0.5) is 0 Å². The van der Waals surface area contributed by atoms with Crippen LogP contribution < -0.4 is 4.74 Å². The highest BCUT2D eigenvalue weighted by Gasteiger charge is 2.23. The van der Waals surface area contributed by atoms with Gasteiger partial charge >= 0.3 is 0 Å². The fraction of sp³-hybridized carbons (Fsp3) is 0.400. The Labute approximate surface area is 124 Å². The highest BCUT2D eigenvalue weighted by atomic mass is 32.1. The normalized spacial score (nSPS) is 11.6. The van der Waals surface area contributed by atoms with Gasteiger partial charge in [-0.15, -0.1) is 11.3 Å². The van der Waals surface area contributed by atoms with Crippen molar-refractivity contribution in [3.8, 4) is 16.3 Å². The molecule has 2 rings (SSSR count). The third-order valence-electron chi connectivity index (χ3n) is 2.87. The zero-order valence-electron chi connectivity index (χ0n) is 11.7. The molecule has 1 aromatic heterocycles. The molecule has 1 heterocycles. The summed E-state index contributed by atoms with van der Waals surface area (Å²) in [7, 11) is 1.68. The molecule has 0 saturated carbocycles. The van der Waals surface area contributed by atoms with E-state index in [0.29, 0.717) is 0 Å². The monoisotopic (exact) mass is 293 g/mol. The molecule has 0 saturated heterocycles. The summed E-state index contributed by atoms with van der Waals surface area (Å²) in [4.78, 5) is 6.06. The van der Waals surface area contributed by atoms with Gasteiger partial charge in [-0.1, -0.05) is 32.9 Å². The van der Waals surface area contributed by atoms with Gasteiger partial charge in [0.05, 0.1) is 12.8 Å². The summed E-state index contributed by atoms with van der Waals surface area (Å²) in [6.45, 7) is 6.55. The lowest BCUT2D eigenvalue weighted by atomic mass is 9.91. The minimum atomic E-state index is 0.0473. The predicted octanol–water partition coefficient (Wildman–Crippen LogP) is 4.55. The van der Waals surface area contributed by atoms with Crippen LogP contribution in [0, 0.1) is 0 Å². The van der Waals surface area contributed by atoms with E-state index < -0.39 is 0 Å². The third kappa shape index (κ3) is 3.12. The number of benzene rings is 1. The molecular formula is C15H19NOS2. The van der Waals surface area contributed by atoms with Gasteiger partial charge in [0.15, 0.2) is 0 Å². The summed E-state index contributed by atoms with van der Waals surface area (Å²) < 4.78 is 5.27. The standard InChI is InChI=1S/C15H19NOS2/c1-15(2,3)13-12(9-18)19-14(16-13)10-6-5-7-11(8-10)17-4/h5-8,18H,9H2,1-4H3. The molecule has 2 nitrogen and oxygen atoms in total. The lowest BCUT2D eigenvalue weighted by molar-refractivity contribution is 0.415. The van der Waals surface area contributed by atoms with Crippen molar-refractivity contribution in [3.63, 3.8) is 0 Å². The van der Waals surface area contributed by atoms with Gasteiger partial charge in [0, 0.05) is 21.6 Å². The maximum Gasteiger partial charge on any atom is 0.124 e. The number of thiazole rings is 1. The third-order valence-corrected chi connectivity index (χ3v) is 4.50. The van der Waals surface area contributed by atoms with Crippen molar-refractivity contribution in [2.24, 2.45) is 0 Å². The molecule has 19 heavy (non-hydrogen) atoms. The Bertz CT molecular complexity index is 570. The smallest absolute Gasteiger partial charge is 0.124 e. The number of ether oxygens (including phenoxy) is 1. The van der Waals surface area contributed by atoms with Crippen molar-refractivity contribution in [1.29, 1.82) is 0 Å². The molecule has 0 spiro atoms. The first-order chi connectivity index (χ1) is 8.95. The Hall–Kier alpha value is -1.000. The number of aromatic nitrogens is 1. The molecule has 0 aliphatic carbocycles. The van der Waals surface area contributed by atoms with Crippen molar-refractivity contribution in [3.05, 3.63) is 34.8 Å². The van der Waals surface area contributed by atoms with Gasteiger partial charge in [-0.25, -0.2) is 4.98 Å². The highest BCUT2D eigenvalue weighted by molar-refractivity contribution is 7.79. The fourth-order valence-corrected chi connectivity index (χ4v) is 3.40. The Morgan fingerprint density at radius 2 is 2.05 bits per heavy atom. The summed E-state index contributed by atoms with van der Waals surface area (Å²) in [5.74, 6) is 1.59. The van der Waals surface area contributed by atoms with E-state index >= 15 is 0 Å². The zero-order valence-corrected chi connectivity index (χ0v) is 13.4. The quantitative estimate of drug-likeness (QED) is 0.839. The average molecular weight is 293 g/mol. The van der Waals surface area contributed by atoms with Crippen molar-refractivity contribution in [2.45, 2.75) is 31.9 Å². The maximum atomic E-state index is 5.27. The summed E-state index contributed by atoms with van der Waals surface area (Å²) in [5, 5.41) is 1.04. The second-order valence-electron chi connectivity index (χ2n) is 5.43. The van der Waals surface area contributed by atoms with Gasteiger partial charge in [0.25, 0.3) is 0 Å². The van der Waals surface area contributed by atoms with Crippen LogP contribution in [-0.4, -0.2) is 12.1 Å². The van der Waals surface area contributed by atoms with Crippen LogP contribution in [0.25, 0.3) is 10.6 Å². The highest BCUT2D eigenvalue weighted by Crippen LogP contribution is 2.36. The Balaban J connectivity index is 2.48. The lowest BCUT2D eigenvalue weighted by Crippen LogP contribution is -2.13. The van der Waals surface area contributed by atoms with E-state index in [1.165, 1.54) is 4.88 Å². The van der Waals surface area contributed by atoms with Gasteiger partial charge < -0.3 is 4.74 Å². The van der Waals surface area contributed by atoms with Crippen molar-refractivity contribution < 1.29 is 4.74 Å².